The molecule has 4 aromatic heterocycles. The van der Waals surface area contributed by atoms with E-state index in [0.717, 1.165) is 46.0 Å². The highest BCUT2D eigenvalue weighted by molar-refractivity contribution is 5.97. The number of aromatic nitrogens is 4. The summed E-state index contributed by atoms with van der Waals surface area (Å²) >= 11 is 0. The molecule has 0 bridgehead atoms. The van der Waals surface area contributed by atoms with E-state index in [1.165, 1.54) is 0 Å². The Labute approximate surface area is 187 Å². The van der Waals surface area contributed by atoms with Crippen LogP contribution in [0.4, 0.5) is 14.6 Å². The highest BCUT2D eigenvalue weighted by atomic mass is 19.3. The van der Waals surface area contributed by atoms with Crippen molar-refractivity contribution in [2.45, 2.75) is 32.1 Å². The number of fused-ring (bicyclic) bond motifs is 3. The SMILES string of the molecule is Cc1cc(CCC=CO)ncc1-c1cc2cnc(NC(=O)[C@H]3CC3(F)F)cc2n2ccnc12. The van der Waals surface area contributed by atoms with E-state index in [9.17, 15) is 13.6 Å². The minimum atomic E-state index is -2.93. The second kappa shape index (κ2) is 7.91. The fraction of sp³-hybridized carbons (Fsp3) is 0.250. The van der Waals surface area contributed by atoms with Crippen LogP contribution in [0.25, 0.3) is 27.7 Å². The van der Waals surface area contributed by atoms with Gasteiger partial charge in [-0.2, -0.15) is 0 Å². The molecule has 2 N–H and O–H groups in total. The molecule has 5 rings (SSSR count). The molecule has 1 saturated carbocycles. The molecule has 7 nitrogen and oxygen atoms in total. The first kappa shape index (κ1) is 21.0. The Kier molecular flexibility index (Phi) is 5.03. The number of hydrogen-bond donors (Lipinski definition) is 2. The van der Waals surface area contributed by atoms with Crippen LogP contribution in [0.5, 0.6) is 0 Å². The summed E-state index contributed by atoms with van der Waals surface area (Å²) in [5.41, 5.74) is 5.24. The van der Waals surface area contributed by atoms with Gasteiger partial charge in [0.15, 0.2) is 0 Å². The molecule has 0 aromatic carbocycles. The highest BCUT2D eigenvalue weighted by Gasteiger charge is 2.61. The van der Waals surface area contributed by atoms with E-state index >= 15 is 0 Å². The molecule has 1 aliphatic rings. The number of rotatable bonds is 6. The number of aryl methyl sites for hydroxylation is 2. The molecule has 4 aromatic rings. The van der Waals surface area contributed by atoms with E-state index in [-0.39, 0.29) is 5.82 Å². The number of allylic oxidation sites excluding steroid dienone is 1. The van der Waals surface area contributed by atoms with Gasteiger partial charge in [0, 0.05) is 59.5 Å². The Morgan fingerprint density at radius 1 is 1.24 bits per heavy atom. The van der Waals surface area contributed by atoms with Crippen LogP contribution in [0.2, 0.25) is 0 Å². The molecule has 9 heteroatoms. The Bertz CT molecular complexity index is 1410. The van der Waals surface area contributed by atoms with Gasteiger partial charge in [0.1, 0.15) is 17.4 Å². The summed E-state index contributed by atoms with van der Waals surface area (Å²) in [4.78, 5) is 25.4. The fourth-order valence-electron chi connectivity index (χ4n) is 4.01. The van der Waals surface area contributed by atoms with E-state index in [4.69, 9.17) is 5.11 Å². The molecule has 168 valence electrons. The Morgan fingerprint density at radius 3 is 2.79 bits per heavy atom. The van der Waals surface area contributed by atoms with Gasteiger partial charge in [-0.25, -0.2) is 18.7 Å². The number of aliphatic hydroxyl groups excluding tert-OH is 1. The third kappa shape index (κ3) is 3.90. The summed E-state index contributed by atoms with van der Waals surface area (Å²) in [6, 6.07) is 5.65. The van der Waals surface area contributed by atoms with Crippen molar-refractivity contribution in [3.8, 4) is 11.1 Å². The molecule has 0 aliphatic heterocycles. The number of imidazole rings is 1. The summed E-state index contributed by atoms with van der Waals surface area (Å²) in [7, 11) is 0. The number of carbonyl (C=O) groups excluding carboxylic acids is 1. The lowest BCUT2D eigenvalue weighted by Crippen LogP contribution is -2.18. The van der Waals surface area contributed by atoms with Gasteiger partial charge >= 0.3 is 0 Å². The number of pyridine rings is 3. The average Bonchev–Trinajstić information content (AvgIpc) is 3.18. The number of carbonyl (C=O) groups is 1. The lowest BCUT2D eigenvalue weighted by molar-refractivity contribution is -0.119. The number of amides is 1. The molecule has 0 saturated heterocycles. The van der Waals surface area contributed by atoms with Gasteiger partial charge in [0.2, 0.25) is 5.91 Å². The Balaban J connectivity index is 1.51. The number of hydrogen-bond acceptors (Lipinski definition) is 5. The van der Waals surface area contributed by atoms with Crippen molar-refractivity contribution in [3.63, 3.8) is 0 Å². The molecule has 0 spiro atoms. The average molecular weight is 449 g/mol. The molecule has 33 heavy (non-hydrogen) atoms. The number of aliphatic hydroxyl groups is 1. The minimum Gasteiger partial charge on any atom is -0.516 e. The van der Waals surface area contributed by atoms with Crippen molar-refractivity contribution in [2.24, 2.45) is 5.92 Å². The maximum Gasteiger partial charge on any atom is 0.260 e. The van der Waals surface area contributed by atoms with Crippen molar-refractivity contribution in [1.82, 2.24) is 19.4 Å². The summed E-state index contributed by atoms with van der Waals surface area (Å²) < 4.78 is 28.3. The first-order valence-electron chi connectivity index (χ1n) is 10.6. The van der Waals surface area contributed by atoms with E-state index in [2.05, 4.69) is 20.3 Å². The zero-order valence-corrected chi connectivity index (χ0v) is 17.8. The van der Waals surface area contributed by atoms with Crippen molar-refractivity contribution in [2.75, 3.05) is 5.32 Å². The van der Waals surface area contributed by atoms with Crippen LogP contribution < -0.4 is 5.32 Å². The third-order valence-electron chi connectivity index (χ3n) is 5.88. The minimum absolute atomic E-state index is 0.220. The lowest BCUT2D eigenvalue weighted by atomic mass is 10.0. The first-order valence-corrected chi connectivity index (χ1v) is 10.6. The molecule has 1 aliphatic carbocycles. The quantitative estimate of drug-likeness (QED) is 0.411. The maximum atomic E-state index is 13.2. The molecule has 1 amide bonds. The summed E-state index contributed by atoms with van der Waals surface area (Å²) in [5, 5.41) is 12.1. The first-order chi connectivity index (χ1) is 15.9. The second-order valence-corrected chi connectivity index (χ2v) is 8.23. The van der Waals surface area contributed by atoms with Crippen molar-refractivity contribution < 1.29 is 18.7 Å². The number of anilines is 1. The van der Waals surface area contributed by atoms with Crippen LogP contribution in [0, 0.1) is 12.8 Å². The molecular weight excluding hydrogens is 428 g/mol. The van der Waals surface area contributed by atoms with Gasteiger partial charge < -0.3 is 10.4 Å². The molecule has 0 radical (unpaired) electrons. The van der Waals surface area contributed by atoms with Gasteiger partial charge in [0.05, 0.1) is 11.8 Å². The van der Waals surface area contributed by atoms with E-state index in [1.807, 2.05) is 29.7 Å². The zero-order valence-electron chi connectivity index (χ0n) is 17.8. The lowest BCUT2D eigenvalue weighted by Gasteiger charge is -2.12. The van der Waals surface area contributed by atoms with E-state index < -0.39 is 24.2 Å². The van der Waals surface area contributed by atoms with Gasteiger partial charge in [-0.05, 0) is 43.5 Å². The van der Waals surface area contributed by atoms with Crippen LogP contribution in [0.3, 0.4) is 0 Å². The van der Waals surface area contributed by atoms with Crippen molar-refractivity contribution >= 4 is 28.3 Å². The molecular formula is C24H21F2N5O2. The molecule has 0 unspecified atom stereocenters. The monoisotopic (exact) mass is 449 g/mol. The normalized spacial score (nSPS) is 17.1. The topological polar surface area (TPSA) is 92.4 Å². The second-order valence-electron chi connectivity index (χ2n) is 8.23. The van der Waals surface area contributed by atoms with Crippen LogP contribution in [0.15, 0.2) is 55.3 Å². The van der Waals surface area contributed by atoms with Crippen LogP contribution in [0.1, 0.15) is 24.1 Å². The standard InChI is InChI=1S/C24H21F2N5O2/c1-14-8-16(4-2-3-7-32)28-13-18(14)17-9-15-12-29-21(30-23(33)19-11-24(19,25)26)10-20(15)31-6-5-27-22(17)31/h3,5-10,12-13,19,32H,2,4,11H2,1H3,(H,29,30,33)/t19-/m1/s1. The molecule has 1 atom stereocenters. The number of alkyl halides is 2. The van der Waals surface area contributed by atoms with Crippen molar-refractivity contribution in [3.05, 3.63) is 66.6 Å². The van der Waals surface area contributed by atoms with E-state index in [0.29, 0.717) is 12.1 Å². The third-order valence-corrected chi connectivity index (χ3v) is 5.88. The van der Waals surface area contributed by atoms with Gasteiger partial charge in [-0.15, -0.1) is 0 Å². The summed E-state index contributed by atoms with van der Waals surface area (Å²) in [6.07, 6.45) is 10.6. The smallest absolute Gasteiger partial charge is 0.260 e. The summed E-state index contributed by atoms with van der Waals surface area (Å²) in [6.45, 7) is 2.01. The predicted octanol–water partition coefficient (Wildman–Crippen LogP) is 4.85. The van der Waals surface area contributed by atoms with Gasteiger partial charge in [-0.3, -0.25) is 14.2 Å². The number of nitrogens with zero attached hydrogens (tertiary/aromatic N) is 4. The van der Waals surface area contributed by atoms with E-state index in [1.54, 1.807) is 30.7 Å². The van der Waals surface area contributed by atoms with Gasteiger partial charge in [0.25, 0.3) is 5.92 Å². The Hall–Kier alpha value is -3.88. The van der Waals surface area contributed by atoms with Crippen molar-refractivity contribution in [1.29, 1.82) is 0 Å². The zero-order chi connectivity index (χ0) is 23.2. The van der Waals surface area contributed by atoms with Gasteiger partial charge in [-0.1, -0.05) is 0 Å². The fourth-order valence-corrected chi connectivity index (χ4v) is 4.01. The molecule has 1 fully saturated rings. The highest BCUT2D eigenvalue weighted by Crippen LogP contribution is 2.49. The summed E-state index contributed by atoms with van der Waals surface area (Å²) in [5.74, 6) is -4.72. The van der Waals surface area contributed by atoms with Crippen LogP contribution in [-0.2, 0) is 11.2 Å². The Morgan fingerprint density at radius 2 is 2.06 bits per heavy atom. The predicted molar refractivity (Wildman–Crippen MR) is 120 cm³/mol. The van der Waals surface area contributed by atoms with Crippen LogP contribution >= 0.6 is 0 Å². The maximum absolute atomic E-state index is 13.2. The molecule has 4 heterocycles. The van der Waals surface area contributed by atoms with Crippen LogP contribution in [-0.4, -0.2) is 36.3 Å². The largest absolute Gasteiger partial charge is 0.516 e. The number of nitrogens with one attached hydrogen (secondary N) is 1. The number of halogens is 2.